The van der Waals surface area contributed by atoms with Crippen LogP contribution in [-0.4, -0.2) is 58.5 Å². The van der Waals surface area contributed by atoms with Crippen LogP contribution < -0.4 is 24.4 Å². The van der Waals surface area contributed by atoms with E-state index in [0.717, 1.165) is 40.1 Å². The smallest absolute Gasteiger partial charge is 0.248 e. The summed E-state index contributed by atoms with van der Waals surface area (Å²) in [7, 11) is 4.76. The molecule has 3 aromatic rings. The molecule has 0 aliphatic carbocycles. The van der Waals surface area contributed by atoms with Crippen molar-refractivity contribution in [2.75, 3.05) is 57.8 Å². The number of aromatic nitrogens is 1. The molecule has 1 fully saturated rings. The summed E-state index contributed by atoms with van der Waals surface area (Å²) in [5, 5.41) is 3.77. The summed E-state index contributed by atoms with van der Waals surface area (Å²) in [6.45, 7) is 2.93. The highest BCUT2D eigenvalue weighted by molar-refractivity contribution is 7.17. The van der Waals surface area contributed by atoms with Crippen molar-refractivity contribution in [3.05, 3.63) is 53.4 Å². The highest BCUT2D eigenvalue weighted by Gasteiger charge is 2.19. The number of nitrogens with one attached hydrogen (secondary N) is 1. The minimum Gasteiger partial charge on any atom is -0.497 e. The van der Waals surface area contributed by atoms with E-state index < -0.39 is 0 Å². The van der Waals surface area contributed by atoms with E-state index in [-0.39, 0.29) is 5.91 Å². The molecule has 9 heteroatoms. The first-order chi connectivity index (χ1) is 16.6. The van der Waals surface area contributed by atoms with Gasteiger partial charge in [0, 0.05) is 36.5 Å². The second kappa shape index (κ2) is 11.0. The fourth-order valence-corrected chi connectivity index (χ4v) is 4.57. The Morgan fingerprint density at radius 1 is 1.03 bits per heavy atom. The van der Waals surface area contributed by atoms with Crippen molar-refractivity contribution >= 4 is 34.1 Å². The highest BCUT2D eigenvalue weighted by atomic mass is 32.1. The molecule has 1 aliphatic heterocycles. The Bertz CT molecular complexity index is 1150. The van der Waals surface area contributed by atoms with Gasteiger partial charge in [0.1, 0.15) is 5.75 Å². The lowest BCUT2D eigenvalue weighted by molar-refractivity contribution is -0.111. The van der Waals surface area contributed by atoms with E-state index in [4.69, 9.17) is 23.9 Å². The number of carbonyl (C=O) groups excluding carboxylic acids is 1. The average Bonchev–Trinajstić information content (AvgIpc) is 3.32. The van der Waals surface area contributed by atoms with Gasteiger partial charge < -0.3 is 29.2 Å². The number of carbonyl (C=O) groups is 1. The summed E-state index contributed by atoms with van der Waals surface area (Å²) in [6, 6.07) is 13.0. The van der Waals surface area contributed by atoms with Crippen LogP contribution in [0.1, 0.15) is 4.88 Å². The van der Waals surface area contributed by atoms with Crippen molar-refractivity contribution in [1.82, 2.24) is 4.98 Å². The number of anilines is 2. The van der Waals surface area contributed by atoms with Crippen molar-refractivity contribution in [3.63, 3.8) is 0 Å². The first-order valence-electron chi connectivity index (χ1n) is 10.8. The molecular formula is C25H27N3O5S. The third-order valence-corrected chi connectivity index (χ3v) is 6.41. The summed E-state index contributed by atoms with van der Waals surface area (Å²) in [4.78, 5) is 20.7. The number of rotatable bonds is 8. The molecule has 1 amide bonds. The number of methoxy groups -OCH3 is 3. The first kappa shape index (κ1) is 23.6. The van der Waals surface area contributed by atoms with E-state index >= 15 is 0 Å². The summed E-state index contributed by atoms with van der Waals surface area (Å²) >= 11 is 1.55. The summed E-state index contributed by atoms with van der Waals surface area (Å²) in [5.41, 5.74) is 2.39. The molecule has 178 valence electrons. The molecule has 34 heavy (non-hydrogen) atoms. The fraction of sp³-hybridized carbons (Fsp3) is 0.280. The lowest BCUT2D eigenvalue weighted by Gasteiger charge is -2.26. The second-order valence-electron chi connectivity index (χ2n) is 7.43. The van der Waals surface area contributed by atoms with Crippen LogP contribution >= 0.6 is 11.3 Å². The van der Waals surface area contributed by atoms with Crippen LogP contribution in [0.2, 0.25) is 0 Å². The van der Waals surface area contributed by atoms with Crippen LogP contribution in [0.4, 0.5) is 10.8 Å². The Labute approximate surface area is 202 Å². The summed E-state index contributed by atoms with van der Waals surface area (Å²) in [6.07, 6.45) is 3.32. The van der Waals surface area contributed by atoms with Crippen molar-refractivity contribution in [2.24, 2.45) is 0 Å². The van der Waals surface area contributed by atoms with Crippen molar-refractivity contribution in [3.8, 4) is 28.5 Å². The SMILES string of the molecule is COc1ccc(-c2nc(N3CCOCC3)sc2/C=C/C(=O)Nc2ccc(OC)c(OC)c2)cc1. The third-order valence-electron chi connectivity index (χ3n) is 5.32. The molecule has 0 radical (unpaired) electrons. The van der Waals surface area contributed by atoms with E-state index in [0.29, 0.717) is 30.4 Å². The maximum absolute atomic E-state index is 12.7. The standard InChI is InChI=1S/C25H27N3O5S/c1-30-19-7-4-17(5-8-19)24-22(34-25(27-24)28-12-14-33-15-13-28)10-11-23(29)26-18-6-9-20(31-2)21(16-18)32-3/h4-11,16H,12-15H2,1-3H3,(H,26,29)/b11-10+. The van der Waals surface area contributed by atoms with Crippen LogP contribution in [0.15, 0.2) is 48.5 Å². The van der Waals surface area contributed by atoms with Gasteiger partial charge >= 0.3 is 0 Å². The van der Waals surface area contributed by atoms with Gasteiger partial charge in [-0.05, 0) is 42.5 Å². The number of nitrogens with zero attached hydrogens (tertiary/aromatic N) is 2. The van der Waals surface area contributed by atoms with Crippen LogP contribution in [0.3, 0.4) is 0 Å². The average molecular weight is 482 g/mol. The molecule has 0 atom stereocenters. The van der Waals surface area contributed by atoms with Gasteiger partial charge in [0.25, 0.3) is 0 Å². The third kappa shape index (κ3) is 5.49. The largest absolute Gasteiger partial charge is 0.497 e. The van der Waals surface area contributed by atoms with Gasteiger partial charge in [-0.3, -0.25) is 4.79 Å². The summed E-state index contributed by atoms with van der Waals surface area (Å²) in [5.74, 6) is 1.66. The topological polar surface area (TPSA) is 82.2 Å². The van der Waals surface area contributed by atoms with Gasteiger partial charge in [-0.15, -0.1) is 0 Å². The predicted octanol–water partition coefficient (Wildman–Crippen LogP) is 4.32. The molecule has 0 bridgehead atoms. The number of thiazole rings is 1. The van der Waals surface area contributed by atoms with Gasteiger partial charge in [0.05, 0.1) is 45.1 Å². The maximum Gasteiger partial charge on any atom is 0.248 e. The Morgan fingerprint density at radius 3 is 2.44 bits per heavy atom. The van der Waals surface area contributed by atoms with Gasteiger partial charge in [-0.25, -0.2) is 4.98 Å². The molecule has 0 unspecified atom stereocenters. The van der Waals surface area contributed by atoms with Gasteiger partial charge in [-0.1, -0.05) is 11.3 Å². The minimum atomic E-state index is -0.255. The highest BCUT2D eigenvalue weighted by Crippen LogP contribution is 2.35. The van der Waals surface area contributed by atoms with Crippen LogP contribution in [0.25, 0.3) is 17.3 Å². The predicted molar refractivity (Wildman–Crippen MR) is 134 cm³/mol. The zero-order chi connectivity index (χ0) is 23.9. The first-order valence-corrected chi connectivity index (χ1v) is 11.6. The molecule has 0 saturated carbocycles. The Morgan fingerprint density at radius 2 is 1.76 bits per heavy atom. The lowest BCUT2D eigenvalue weighted by Crippen LogP contribution is -2.36. The van der Waals surface area contributed by atoms with E-state index in [1.165, 1.54) is 6.08 Å². The monoisotopic (exact) mass is 481 g/mol. The van der Waals surface area contributed by atoms with E-state index in [1.807, 2.05) is 24.3 Å². The van der Waals surface area contributed by atoms with Crippen molar-refractivity contribution in [2.45, 2.75) is 0 Å². The molecule has 0 spiro atoms. The fourth-order valence-electron chi connectivity index (χ4n) is 3.53. The Balaban J connectivity index is 1.57. The number of hydrogen-bond donors (Lipinski definition) is 1. The number of amides is 1. The van der Waals surface area contributed by atoms with Crippen LogP contribution in [0, 0.1) is 0 Å². The van der Waals surface area contributed by atoms with Gasteiger partial charge in [0.15, 0.2) is 16.6 Å². The zero-order valence-electron chi connectivity index (χ0n) is 19.4. The molecule has 1 aromatic heterocycles. The Kier molecular flexibility index (Phi) is 7.66. The second-order valence-corrected chi connectivity index (χ2v) is 8.44. The zero-order valence-corrected chi connectivity index (χ0v) is 20.2. The van der Waals surface area contributed by atoms with Crippen LogP contribution in [0.5, 0.6) is 17.2 Å². The number of benzene rings is 2. The molecule has 8 nitrogen and oxygen atoms in total. The maximum atomic E-state index is 12.7. The molecule has 1 N–H and O–H groups in total. The molecule has 4 rings (SSSR count). The van der Waals surface area contributed by atoms with Gasteiger partial charge in [0.2, 0.25) is 5.91 Å². The number of morpholine rings is 1. The van der Waals surface area contributed by atoms with Crippen LogP contribution in [-0.2, 0) is 9.53 Å². The van der Waals surface area contributed by atoms with Crippen molar-refractivity contribution < 1.29 is 23.7 Å². The normalized spacial score (nSPS) is 13.7. The van der Waals surface area contributed by atoms with E-state index in [1.54, 1.807) is 56.9 Å². The molecule has 1 saturated heterocycles. The van der Waals surface area contributed by atoms with E-state index in [2.05, 4.69) is 10.2 Å². The molecule has 2 heterocycles. The molecule has 1 aliphatic rings. The number of ether oxygens (including phenoxy) is 4. The van der Waals surface area contributed by atoms with Crippen molar-refractivity contribution in [1.29, 1.82) is 0 Å². The quantitative estimate of drug-likeness (QED) is 0.480. The lowest BCUT2D eigenvalue weighted by atomic mass is 10.1. The number of hydrogen-bond acceptors (Lipinski definition) is 8. The molecular weight excluding hydrogens is 454 g/mol. The minimum absolute atomic E-state index is 0.255. The molecule has 2 aromatic carbocycles. The van der Waals surface area contributed by atoms with Gasteiger partial charge in [-0.2, -0.15) is 0 Å². The van der Waals surface area contributed by atoms with E-state index in [9.17, 15) is 4.79 Å². The summed E-state index contributed by atoms with van der Waals surface area (Å²) < 4.78 is 21.3. The Hall–Kier alpha value is -3.56.